The summed E-state index contributed by atoms with van der Waals surface area (Å²) in [6, 6.07) is 34.4. The van der Waals surface area contributed by atoms with E-state index in [1.54, 1.807) is 10.7 Å². The Morgan fingerprint density at radius 3 is 1.97 bits per heavy atom. The van der Waals surface area contributed by atoms with Gasteiger partial charge in [0.1, 0.15) is 11.6 Å². The molecule has 5 rings (SSSR count). The second-order valence-corrected chi connectivity index (χ2v) is 8.07. The molecule has 4 nitrogen and oxygen atoms in total. The monoisotopic (exact) mass is 476 g/mol. The van der Waals surface area contributed by atoms with Crippen LogP contribution in [0.5, 0.6) is 0 Å². The molecule has 0 atom stereocenters. The summed E-state index contributed by atoms with van der Waals surface area (Å²) in [5, 5.41) is 14.5. The largest absolute Gasteiger partial charge is 0.228 e. The van der Waals surface area contributed by atoms with Crippen molar-refractivity contribution in [1.29, 1.82) is 5.26 Å². The summed E-state index contributed by atoms with van der Waals surface area (Å²) in [6.07, 6.45) is 1.70. The zero-order chi connectivity index (χ0) is 21.9. The Balaban J connectivity index is 1.84. The van der Waals surface area contributed by atoms with Crippen molar-refractivity contribution >= 4 is 33.0 Å². The van der Waals surface area contributed by atoms with E-state index in [0.717, 1.165) is 32.4 Å². The number of hydrogen-bond acceptors (Lipinski definition) is 3. The highest BCUT2D eigenvalue weighted by Crippen LogP contribution is 2.35. The Labute approximate surface area is 194 Å². The average molecular weight is 477 g/mol. The zero-order valence-corrected chi connectivity index (χ0v) is 18.6. The summed E-state index contributed by atoms with van der Waals surface area (Å²) in [5.41, 5.74) is 5.88. The molecule has 0 bridgehead atoms. The molecular formula is C27H17BrN4. The lowest BCUT2D eigenvalue weighted by molar-refractivity contribution is 0.956. The SMILES string of the molecule is N#Cc1c(-c2ccccc2)cc(N=C(c2ccccc2)c2ccccc2)n2ncc(Br)c12. The third kappa shape index (κ3) is 3.62. The fraction of sp³-hybridized carbons (Fsp3) is 0. The van der Waals surface area contributed by atoms with Crippen molar-refractivity contribution in [3.05, 3.63) is 124 Å². The van der Waals surface area contributed by atoms with Gasteiger partial charge in [0, 0.05) is 16.7 Å². The van der Waals surface area contributed by atoms with Crippen LogP contribution in [0, 0.1) is 11.3 Å². The van der Waals surface area contributed by atoms with Gasteiger partial charge in [-0.1, -0.05) is 91.0 Å². The number of hydrogen-bond donors (Lipinski definition) is 0. The highest BCUT2D eigenvalue weighted by Gasteiger charge is 2.18. The van der Waals surface area contributed by atoms with Crippen LogP contribution in [-0.4, -0.2) is 15.3 Å². The van der Waals surface area contributed by atoms with Crippen LogP contribution in [0.1, 0.15) is 16.7 Å². The van der Waals surface area contributed by atoms with Crippen LogP contribution < -0.4 is 0 Å². The van der Waals surface area contributed by atoms with E-state index in [9.17, 15) is 5.26 Å². The van der Waals surface area contributed by atoms with Gasteiger partial charge in [0.15, 0.2) is 5.82 Å². The van der Waals surface area contributed by atoms with Crippen molar-refractivity contribution in [3.8, 4) is 17.2 Å². The van der Waals surface area contributed by atoms with Crippen LogP contribution in [-0.2, 0) is 0 Å². The lowest BCUT2D eigenvalue weighted by Gasteiger charge is -2.12. The third-order valence-corrected chi connectivity index (χ3v) is 5.82. The molecule has 0 fully saturated rings. The van der Waals surface area contributed by atoms with Crippen LogP contribution >= 0.6 is 15.9 Å². The number of nitrogens with zero attached hydrogens (tertiary/aromatic N) is 4. The van der Waals surface area contributed by atoms with Gasteiger partial charge in [-0.25, -0.2) is 9.51 Å². The maximum Gasteiger partial charge on any atom is 0.155 e. The molecule has 2 heterocycles. The quantitative estimate of drug-likeness (QED) is 0.267. The summed E-state index contributed by atoms with van der Waals surface area (Å²) >= 11 is 3.57. The van der Waals surface area contributed by atoms with Gasteiger partial charge in [0.05, 0.1) is 21.9 Å². The first-order valence-electron chi connectivity index (χ1n) is 10.1. The van der Waals surface area contributed by atoms with E-state index < -0.39 is 0 Å². The van der Waals surface area contributed by atoms with Gasteiger partial charge in [-0.15, -0.1) is 0 Å². The van der Waals surface area contributed by atoms with E-state index in [1.807, 2.05) is 97.1 Å². The van der Waals surface area contributed by atoms with Crippen LogP contribution in [0.3, 0.4) is 0 Å². The fourth-order valence-corrected chi connectivity index (χ4v) is 4.22. The molecule has 0 unspecified atom stereocenters. The van der Waals surface area contributed by atoms with Crippen molar-refractivity contribution in [1.82, 2.24) is 9.61 Å². The second kappa shape index (κ2) is 8.62. The summed E-state index contributed by atoms with van der Waals surface area (Å²) < 4.78 is 2.48. The first kappa shape index (κ1) is 19.9. The van der Waals surface area contributed by atoms with Gasteiger partial charge in [0.25, 0.3) is 0 Å². The van der Waals surface area contributed by atoms with Gasteiger partial charge in [-0.05, 0) is 27.6 Å². The van der Waals surface area contributed by atoms with Crippen molar-refractivity contribution in [2.45, 2.75) is 0 Å². The van der Waals surface area contributed by atoms with Crippen LogP contribution in [0.4, 0.5) is 5.82 Å². The Morgan fingerprint density at radius 2 is 1.41 bits per heavy atom. The van der Waals surface area contributed by atoms with E-state index in [4.69, 9.17) is 4.99 Å². The minimum absolute atomic E-state index is 0.556. The van der Waals surface area contributed by atoms with E-state index in [1.165, 1.54) is 0 Å². The molecule has 0 N–H and O–H groups in total. The molecule has 5 heteroatoms. The molecule has 0 aliphatic heterocycles. The van der Waals surface area contributed by atoms with Gasteiger partial charge in [0.2, 0.25) is 0 Å². The Hall–Kier alpha value is -4.01. The van der Waals surface area contributed by atoms with Gasteiger partial charge >= 0.3 is 0 Å². The van der Waals surface area contributed by atoms with Crippen LogP contribution in [0.2, 0.25) is 0 Å². The zero-order valence-electron chi connectivity index (χ0n) is 17.0. The number of pyridine rings is 1. The first-order valence-corrected chi connectivity index (χ1v) is 10.9. The van der Waals surface area contributed by atoms with Crippen LogP contribution in [0.25, 0.3) is 16.6 Å². The molecule has 0 amide bonds. The molecule has 5 aromatic rings. The lowest BCUT2D eigenvalue weighted by Crippen LogP contribution is -2.04. The van der Waals surface area contributed by atoms with Crippen molar-refractivity contribution in [2.75, 3.05) is 0 Å². The molecule has 32 heavy (non-hydrogen) atoms. The Bertz CT molecular complexity index is 1420. The van der Waals surface area contributed by atoms with E-state index >= 15 is 0 Å². The topological polar surface area (TPSA) is 53.5 Å². The van der Waals surface area contributed by atoms with Gasteiger partial charge in [-0.3, -0.25) is 0 Å². The van der Waals surface area contributed by atoms with Crippen molar-refractivity contribution < 1.29 is 0 Å². The predicted octanol–water partition coefficient (Wildman–Crippen LogP) is 6.80. The lowest BCUT2D eigenvalue weighted by atomic mass is 10.00. The van der Waals surface area contributed by atoms with Crippen molar-refractivity contribution in [3.63, 3.8) is 0 Å². The number of rotatable bonds is 4. The maximum atomic E-state index is 10.0. The highest BCUT2D eigenvalue weighted by molar-refractivity contribution is 9.10. The molecule has 152 valence electrons. The van der Waals surface area contributed by atoms with Gasteiger partial charge in [-0.2, -0.15) is 10.4 Å². The Morgan fingerprint density at radius 1 is 0.844 bits per heavy atom. The number of aliphatic imine (C=N–C) groups is 1. The van der Waals surface area contributed by atoms with Gasteiger partial charge < -0.3 is 0 Å². The molecule has 0 aliphatic carbocycles. The van der Waals surface area contributed by atoms with E-state index in [2.05, 4.69) is 27.1 Å². The normalized spacial score (nSPS) is 10.6. The smallest absolute Gasteiger partial charge is 0.155 e. The number of nitriles is 1. The summed E-state index contributed by atoms with van der Waals surface area (Å²) in [4.78, 5) is 5.09. The van der Waals surface area contributed by atoms with E-state index in [0.29, 0.717) is 16.9 Å². The highest BCUT2D eigenvalue weighted by atomic mass is 79.9. The first-order chi connectivity index (χ1) is 15.8. The molecule has 0 saturated heterocycles. The molecular weight excluding hydrogens is 460 g/mol. The van der Waals surface area contributed by atoms with Crippen molar-refractivity contribution in [2.24, 2.45) is 4.99 Å². The molecule has 0 saturated carbocycles. The molecule has 0 spiro atoms. The standard InChI is InChI=1S/C27H17BrN4/c28-24-18-30-32-25(16-22(23(17-29)27(24)32)19-10-4-1-5-11-19)31-26(20-12-6-2-7-13-20)21-14-8-3-9-15-21/h1-16,18H. The molecule has 0 radical (unpaired) electrons. The van der Waals surface area contributed by atoms with Crippen LogP contribution in [0.15, 0.2) is 113 Å². The number of benzene rings is 3. The van der Waals surface area contributed by atoms with E-state index in [-0.39, 0.29) is 0 Å². The minimum Gasteiger partial charge on any atom is -0.228 e. The fourth-order valence-electron chi connectivity index (χ4n) is 3.76. The molecule has 3 aromatic carbocycles. The Kier molecular flexibility index (Phi) is 5.37. The summed E-state index contributed by atoms with van der Waals surface area (Å²) in [6.45, 7) is 0. The third-order valence-electron chi connectivity index (χ3n) is 5.24. The summed E-state index contributed by atoms with van der Waals surface area (Å²) in [7, 11) is 0. The number of aromatic nitrogens is 2. The average Bonchev–Trinajstić information content (AvgIpc) is 3.25. The maximum absolute atomic E-state index is 10.0. The summed E-state index contributed by atoms with van der Waals surface area (Å²) in [5.74, 6) is 0.645. The molecule has 0 aliphatic rings. The second-order valence-electron chi connectivity index (χ2n) is 7.21. The number of fused-ring (bicyclic) bond motifs is 1. The predicted molar refractivity (Wildman–Crippen MR) is 131 cm³/mol. The minimum atomic E-state index is 0.556. The number of halogens is 1. The molecule has 2 aromatic heterocycles.